The molecule has 1 fully saturated rings. The fourth-order valence-electron chi connectivity index (χ4n) is 2.54. The highest BCUT2D eigenvalue weighted by Crippen LogP contribution is 2.36. The van der Waals surface area contributed by atoms with Crippen molar-refractivity contribution in [3.8, 4) is 0 Å². The predicted molar refractivity (Wildman–Crippen MR) is 90.5 cm³/mol. The zero-order valence-electron chi connectivity index (χ0n) is 12.2. The summed E-state index contributed by atoms with van der Waals surface area (Å²) in [6.45, 7) is 2.59. The van der Waals surface area contributed by atoms with E-state index >= 15 is 0 Å². The van der Waals surface area contributed by atoms with Crippen LogP contribution < -0.4 is 5.32 Å². The first-order valence-electron chi connectivity index (χ1n) is 7.44. The fraction of sp³-hybridized carbons (Fsp3) is 0.625. The molecule has 20 heavy (non-hydrogen) atoms. The third-order valence-electron chi connectivity index (χ3n) is 3.67. The van der Waals surface area contributed by atoms with Gasteiger partial charge in [0.15, 0.2) is 0 Å². The van der Waals surface area contributed by atoms with Gasteiger partial charge >= 0.3 is 0 Å². The van der Waals surface area contributed by atoms with Crippen molar-refractivity contribution in [2.24, 2.45) is 0 Å². The van der Waals surface area contributed by atoms with Crippen molar-refractivity contribution in [3.63, 3.8) is 0 Å². The third kappa shape index (κ3) is 5.40. The summed E-state index contributed by atoms with van der Waals surface area (Å²) in [7, 11) is 1.74. The van der Waals surface area contributed by atoms with E-state index in [4.69, 9.17) is 4.74 Å². The zero-order valence-corrected chi connectivity index (χ0v) is 14.6. The highest BCUT2D eigenvalue weighted by Gasteiger charge is 2.16. The lowest BCUT2D eigenvalue weighted by atomic mass is 10.0. The number of nitrogens with one attached hydrogen (secondary N) is 1. The van der Waals surface area contributed by atoms with Gasteiger partial charge in [0.25, 0.3) is 0 Å². The van der Waals surface area contributed by atoms with Crippen LogP contribution in [0.1, 0.15) is 37.7 Å². The van der Waals surface area contributed by atoms with E-state index in [0.717, 1.165) is 24.9 Å². The molecule has 112 valence electrons. The van der Waals surface area contributed by atoms with E-state index in [-0.39, 0.29) is 0 Å². The normalized spacial score (nSPS) is 16.5. The number of thioether (sulfide) groups is 1. The Hall–Kier alpha value is -0.0300. The van der Waals surface area contributed by atoms with E-state index < -0.39 is 0 Å². The second-order valence-electron chi connectivity index (χ2n) is 5.30. The molecule has 0 amide bonds. The predicted octanol–water partition coefficient (Wildman–Crippen LogP) is 4.61. The molecule has 1 saturated carbocycles. The van der Waals surface area contributed by atoms with Gasteiger partial charge in [0.05, 0.1) is 6.61 Å². The lowest BCUT2D eigenvalue weighted by Gasteiger charge is -2.22. The number of methoxy groups -OCH3 is 1. The molecule has 0 aliphatic heterocycles. The SMILES string of the molecule is COCCNCc1ccc(Br)cc1SC1CCCCC1. The van der Waals surface area contributed by atoms with Crippen LogP contribution in [-0.2, 0) is 11.3 Å². The molecule has 0 spiro atoms. The van der Waals surface area contributed by atoms with Crippen LogP contribution in [-0.4, -0.2) is 25.5 Å². The Balaban J connectivity index is 1.95. The minimum absolute atomic E-state index is 0.766. The first-order valence-corrected chi connectivity index (χ1v) is 9.11. The van der Waals surface area contributed by atoms with E-state index in [1.54, 1.807) is 7.11 Å². The van der Waals surface area contributed by atoms with Crippen LogP contribution in [0.3, 0.4) is 0 Å². The maximum Gasteiger partial charge on any atom is 0.0587 e. The molecule has 0 saturated heterocycles. The van der Waals surface area contributed by atoms with Crippen molar-refractivity contribution in [1.29, 1.82) is 0 Å². The highest BCUT2D eigenvalue weighted by atomic mass is 79.9. The zero-order chi connectivity index (χ0) is 14.2. The van der Waals surface area contributed by atoms with Crippen molar-refractivity contribution >= 4 is 27.7 Å². The van der Waals surface area contributed by atoms with Gasteiger partial charge < -0.3 is 10.1 Å². The molecule has 1 N–H and O–H groups in total. The number of rotatable bonds is 7. The Bertz CT molecular complexity index is 407. The summed E-state index contributed by atoms with van der Waals surface area (Å²) in [5.74, 6) is 0. The average Bonchev–Trinajstić information content (AvgIpc) is 2.47. The van der Waals surface area contributed by atoms with E-state index in [1.165, 1.54) is 47.0 Å². The molecule has 1 aliphatic carbocycles. The smallest absolute Gasteiger partial charge is 0.0587 e. The van der Waals surface area contributed by atoms with E-state index in [1.807, 2.05) is 0 Å². The van der Waals surface area contributed by atoms with Crippen LogP contribution in [0.4, 0.5) is 0 Å². The maximum absolute atomic E-state index is 5.08. The molecular weight excluding hydrogens is 334 g/mol. The minimum atomic E-state index is 0.766. The lowest BCUT2D eigenvalue weighted by molar-refractivity contribution is 0.199. The number of benzene rings is 1. The Morgan fingerprint density at radius 1 is 1.30 bits per heavy atom. The summed E-state index contributed by atoms with van der Waals surface area (Å²) < 4.78 is 6.25. The van der Waals surface area contributed by atoms with Gasteiger partial charge in [-0.05, 0) is 30.5 Å². The topological polar surface area (TPSA) is 21.3 Å². The highest BCUT2D eigenvalue weighted by molar-refractivity contribution is 9.10. The van der Waals surface area contributed by atoms with Gasteiger partial charge in [-0.1, -0.05) is 41.3 Å². The molecule has 2 rings (SSSR count). The minimum Gasteiger partial charge on any atom is -0.383 e. The molecular formula is C16H24BrNOS. The maximum atomic E-state index is 5.08. The number of hydrogen-bond acceptors (Lipinski definition) is 3. The molecule has 1 aromatic carbocycles. The standard InChI is InChI=1S/C16H24BrNOS/c1-19-10-9-18-12-13-7-8-14(17)11-16(13)20-15-5-3-2-4-6-15/h7-8,11,15,18H,2-6,9-10,12H2,1H3. The number of halogens is 1. The quantitative estimate of drug-likeness (QED) is 0.720. The second-order valence-corrected chi connectivity index (χ2v) is 7.56. The van der Waals surface area contributed by atoms with Gasteiger partial charge in [-0.2, -0.15) is 0 Å². The van der Waals surface area contributed by atoms with Gasteiger partial charge in [-0.3, -0.25) is 0 Å². The van der Waals surface area contributed by atoms with Gasteiger partial charge in [0, 0.05) is 34.8 Å². The first-order chi connectivity index (χ1) is 9.79. The molecule has 0 radical (unpaired) electrons. The fourth-order valence-corrected chi connectivity index (χ4v) is 4.47. The summed E-state index contributed by atoms with van der Waals surface area (Å²) >= 11 is 5.67. The number of hydrogen-bond donors (Lipinski definition) is 1. The molecule has 1 aliphatic rings. The van der Waals surface area contributed by atoms with Gasteiger partial charge in [0.1, 0.15) is 0 Å². The van der Waals surface area contributed by atoms with Crippen LogP contribution in [0.25, 0.3) is 0 Å². The van der Waals surface area contributed by atoms with Crippen molar-refractivity contribution in [1.82, 2.24) is 5.32 Å². The summed E-state index contributed by atoms with van der Waals surface area (Å²) in [4.78, 5) is 1.43. The van der Waals surface area contributed by atoms with Crippen molar-refractivity contribution in [2.45, 2.75) is 48.8 Å². The Morgan fingerprint density at radius 2 is 2.10 bits per heavy atom. The second kappa shape index (κ2) is 9.08. The largest absolute Gasteiger partial charge is 0.383 e. The average molecular weight is 358 g/mol. The van der Waals surface area contributed by atoms with E-state index in [9.17, 15) is 0 Å². The van der Waals surface area contributed by atoms with Crippen molar-refractivity contribution < 1.29 is 4.74 Å². The third-order valence-corrected chi connectivity index (χ3v) is 5.61. The number of ether oxygens (including phenoxy) is 1. The molecule has 1 aromatic rings. The lowest BCUT2D eigenvalue weighted by Crippen LogP contribution is -2.19. The van der Waals surface area contributed by atoms with Crippen LogP contribution >= 0.6 is 27.7 Å². The van der Waals surface area contributed by atoms with E-state index in [2.05, 4.69) is 51.2 Å². The van der Waals surface area contributed by atoms with Crippen LogP contribution in [0, 0.1) is 0 Å². The summed E-state index contributed by atoms with van der Waals surface area (Å²) in [5.41, 5.74) is 1.40. The Labute approximate surface area is 135 Å². The first kappa shape index (κ1) is 16.3. The molecule has 0 unspecified atom stereocenters. The van der Waals surface area contributed by atoms with Crippen LogP contribution in [0.5, 0.6) is 0 Å². The molecule has 0 atom stereocenters. The molecule has 0 aromatic heterocycles. The molecule has 4 heteroatoms. The van der Waals surface area contributed by atoms with Gasteiger partial charge in [0.2, 0.25) is 0 Å². The van der Waals surface area contributed by atoms with Crippen molar-refractivity contribution in [3.05, 3.63) is 28.2 Å². The van der Waals surface area contributed by atoms with Gasteiger partial charge in [-0.25, -0.2) is 0 Å². The van der Waals surface area contributed by atoms with Gasteiger partial charge in [-0.15, -0.1) is 11.8 Å². The van der Waals surface area contributed by atoms with E-state index in [0.29, 0.717) is 0 Å². The summed E-state index contributed by atoms with van der Waals surface area (Å²) in [5, 5.41) is 4.25. The summed E-state index contributed by atoms with van der Waals surface area (Å²) in [6.07, 6.45) is 6.95. The van der Waals surface area contributed by atoms with Crippen LogP contribution in [0.2, 0.25) is 0 Å². The Kier molecular flexibility index (Phi) is 7.42. The Morgan fingerprint density at radius 3 is 2.85 bits per heavy atom. The monoisotopic (exact) mass is 357 g/mol. The molecule has 2 nitrogen and oxygen atoms in total. The van der Waals surface area contributed by atoms with Crippen LogP contribution in [0.15, 0.2) is 27.6 Å². The van der Waals surface area contributed by atoms with Crippen molar-refractivity contribution in [2.75, 3.05) is 20.3 Å². The molecule has 0 bridgehead atoms. The molecule has 0 heterocycles. The summed E-state index contributed by atoms with van der Waals surface area (Å²) in [6, 6.07) is 6.64.